The third kappa shape index (κ3) is 3.03. The summed E-state index contributed by atoms with van der Waals surface area (Å²) in [6.45, 7) is 11.2. The van der Waals surface area contributed by atoms with Gasteiger partial charge in [-0.2, -0.15) is 0 Å². The minimum absolute atomic E-state index is 0.0260. The van der Waals surface area contributed by atoms with Crippen molar-refractivity contribution < 1.29 is 4.79 Å². The maximum absolute atomic E-state index is 12.8. The Labute approximate surface area is 124 Å². The Kier molecular flexibility index (Phi) is 5.11. The summed E-state index contributed by atoms with van der Waals surface area (Å²) in [6.07, 6.45) is 6.18. The number of amides is 1. The van der Waals surface area contributed by atoms with Gasteiger partial charge in [0.05, 0.1) is 12.2 Å². The van der Waals surface area contributed by atoms with Crippen molar-refractivity contribution in [3.05, 3.63) is 0 Å². The minimum Gasteiger partial charge on any atom is -0.323 e. The van der Waals surface area contributed by atoms with Crippen molar-refractivity contribution >= 4 is 5.91 Å². The lowest BCUT2D eigenvalue weighted by Crippen LogP contribution is -2.49. The molecule has 0 aromatic heterocycles. The monoisotopic (exact) mass is 280 g/mol. The van der Waals surface area contributed by atoms with E-state index in [1.807, 2.05) is 0 Å². The molecule has 0 aromatic carbocycles. The first-order valence-corrected chi connectivity index (χ1v) is 8.53. The van der Waals surface area contributed by atoms with Crippen LogP contribution in [0.4, 0.5) is 0 Å². The van der Waals surface area contributed by atoms with Crippen LogP contribution in [0, 0.1) is 17.8 Å². The van der Waals surface area contributed by atoms with Gasteiger partial charge in [0.2, 0.25) is 5.91 Å². The quantitative estimate of drug-likeness (QED) is 0.856. The summed E-state index contributed by atoms with van der Waals surface area (Å²) in [4.78, 5) is 15.0. The molecule has 1 aliphatic carbocycles. The summed E-state index contributed by atoms with van der Waals surface area (Å²) in [5.41, 5.74) is 0. The average molecular weight is 280 g/mol. The first-order valence-electron chi connectivity index (χ1n) is 8.53. The first-order chi connectivity index (χ1) is 9.45. The minimum atomic E-state index is 0.0260. The van der Waals surface area contributed by atoms with Crippen LogP contribution in [0.5, 0.6) is 0 Å². The number of nitrogens with one attached hydrogen (secondary N) is 1. The van der Waals surface area contributed by atoms with Gasteiger partial charge in [0.1, 0.15) is 0 Å². The smallest absolute Gasteiger partial charge is 0.241 e. The van der Waals surface area contributed by atoms with Crippen molar-refractivity contribution in [3.63, 3.8) is 0 Å². The SMILES string of the molecule is CCCC1NC(C(C)C)C(=O)N1C1CCC(C)CC1C. The number of hydrogen-bond acceptors (Lipinski definition) is 2. The molecule has 1 aliphatic heterocycles. The van der Waals surface area contributed by atoms with E-state index in [1.54, 1.807) is 0 Å². The molecule has 1 heterocycles. The molecular weight excluding hydrogens is 248 g/mol. The van der Waals surface area contributed by atoms with E-state index in [1.165, 1.54) is 19.3 Å². The third-order valence-corrected chi connectivity index (χ3v) is 5.20. The van der Waals surface area contributed by atoms with Crippen molar-refractivity contribution in [3.8, 4) is 0 Å². The van der Waals surface area contributed by atoms with Crippen LogP contribution in [0.1, 0.15) is 66.7 Å². The Morgan fingerprint density at radius 1 is 1.30 bits per heavy atom. The van der Waals surface area contributed by atoms with Crippen LogP contribution in [0.3, 0.4) is 0 Å². The maximum atomic E-state index is 12.8. The molecule has 5 atom stereocenters. The van der Waals surface area contributed by atoms with Crippen LogP contribution in [-0.2, 0) is 4.79 Å². The molecule has 1 saturated carbocycles. The average Bonchev–Trinajstić information content (AvgIpc) is 2.68. The lowest BCUT2D eigenvalue weighted by atomic mass is 9.79. The molecule has 1 amide bonds. The predicted molar refractivity (Wildman–Crippen MR) is 83.3 cm³/mol. The Balaban J connectivity index is 2.15. The van der Waals surface area contributed by atoms with E-state index in [9.17, 15) is 4.79 Å². The summed E-state index contributed by atoms with van der Waals surface area (Å²) >= 11 is 0. The van der Waals surface area contributed by atoms with Gasteiger partial charge in [-0.3, -0.25) is 10.1 Å². The summed E-state index contributed by atoms with van der Waals surface area (Å²) in [6, 6.07) is 0.476. The largest absolute Gasteiger partial charge is 0.323 e. The number of nitrogens with zero attached hydrogens (tertiary/aromatic N) is 1. The van der Waals surface area contributed by atoms with E-state index < -0.39 is 0 Å². The highest BCUT2D eigenvalue weighted by Crippen LogP contribution is 2.35. The fourth-order valence-corrected chi connectivity index (χ4v) is 4.10. The van der Waals surface area contributed by atoms with E-state index in [2.05, 4.69) is 44.8 Å². The zero-order valence-corrected chi connectivity index (χ0v) is 13.9. The normalized spacial score (nSPS) is 38.8. The highest BCUT2D eigenvalue weighted by atomic mass is 16.2. The Morgan fingerprint density at radius 2 is 2.00 bits per heavy atom. The highest BCUT2D eigenvalue weighted by Gasteiger charge is 2.45. The van der Waals surface area contributed by atoms with Crippen LogP contribution in [-0.4, -0.2) is 29.1 Å². The first kappa shape index (κ1) is 15.8. The van der Waals surface area contributed by atoms with Gasteiger partial charge >= 0.3 is 0 Å². The van der Waals surface area contributed by atoms with Gasteiger partial charge in [-0.05, 0) is 43.4 Å². The van der Waals surface area contributed by atoms with Crippen LogP contribution < -0.4 is 5.32 Å². The Morgan fingerprint density at radius 3 is 2.55 bits per heavy atom. The molecule has 1 N–H and O–H groups in total. The maximum Gasteiger partial charge on any atom is 0.241 e. The van der Waals surface area contributed by atoms with Gasteiger partial charge < -0.3 is 4.90 Å². The van der Waals surface area contributed by atoms with Crippen molar-refractivity contribution in [2.75, 3.05) is 0 Å². The van der Waals surface area contributed by atoms with E-state index in [0.29, 0.717) is 23.8 Å². The predicted octanol–water partition coefficient (Wildman–Crippen LogP) is 3.39. The summed E-state index contributed by atoms with van der Waals surface area (Å²) in [5, 5.41) is 3.60. The second kappa shape index (κ2) is 6.46. The van der Waals surface area contributed by atoms with E-state index in [-0.39, 0.29) is 12.2 Å². The van der Waals surface area contributed by atoms with Crippen LogP contribution in [0.2, 0.25) is 0 Å². The lowest BCUT2D eigenvalue weighted by Gasteiger charge is -2.41. The van der Waals surface area contributed by atoms with E-state index in [0.717, 1.165) is 18.8 Å². The Bertz CT molecular complexity index is 342. The molecule has 3 heteroatoms. The highest BCUT2D eigenvalue weighted by molar-refractivity contribution is 5.85. The van der Waals surface area contributed by atoms with Crippen molar-refractivity contribution in [1.82, 2.24) is 10.2 Å². The summed E-state index contributed by atoms with van der Waals surface area (Å²) in [5.74, 6) is 2.18. The molecule has 5 unspecified atom stereocenters. The Hall–Kier alpha value is -0.570. The van der Waals surface area contributed by atoms with Gasteiger partial charge in [-0.25, -0.2) is 0 Å². The molecule has 0 bridgehead atoms. The summed E-state index contributed by atoms with van der Waals surface area (Å²) in [7, 11) is 0. The van der Waals surface area contributed by atoms with E-state index >= 15 is 0 Å². The molecule has 0 aromatic rings. The van der Waals surface area contributed by atoms with Gasteiger partial charge in [0.25, 0.3) is 0 Å². The second-order valence-corrected chi connectivity index (χ2v) is 7.40. The lowest BCUT2D eigenvalue weighted by molar-refractivity contribution is -0.135. The zero-order chi connectivity index (χ0) is 14.9. The molecule has 3 nitrogen and oxygen atoms in total. The number of hydrogen-bond donors (Lipinski definition) is 1. The fourth-order valence-electron chi connectivity index (χ4n) is 4.10. The standard InChI is InChI=1S/C17H32N2O/c1-6-7-15-18-16(11(2)3)17(20)19(15)14-9-8-12(4)10-13(14)5/h11-16,18H,6-10H2,1-5H3. The molecule has 1 saturated heterocycles. The molecule has 0 radical (unpaired) electrons. The van der Waals surface area contributed by atoms with Crippen molar-refractivity contribution in [2.24, 2.45) is 17.8 Å². The van der Waals surface area contributed by atoms with Crippen LogP contribution >= 0.6 is 0 Å². The zero-order valence-electron chi connectivity index (χ0n) is 13.9. The molecule has 2 fully saturated rings. The fraction of sp³-hybridized carbons (Fsp3) is 0.941. The van der Waals surface area contributed by atoms with Crippen LogP contribution in [0.25, 0.3) is 0 Å². The van der Waals surface area contributed by atoms with Gasteiger partial charge in [0.15, 0.2) is 0 Å². The molecule has 20 heavy (non-hydrogen) atoms. The van der Waals surface area contributed by atoms with Gasteiger partial charge in [0, 0.05) is 6.04 Å². The molecule has 2 rings (SSSR count). The van der Waals surface area contributed by atoms with Gasteiger partial charge in [-0.15, -0.1) is 0 Å². The topological polar surface area (TPSA) is 32.3 Å². The number of carbonyl (C=O) groups is 1. The molecular formula is C17H32N2O. The molecule has 2 aliphatic rings. The third-order valence-electron chi connectivity index (χ3n) is 5.20. The molecule has 116 valence electrons. The van der Waals surface area contributed by atoms with Crippen molar-refractivity contribution in [2.45, 2.75) is 85.0 Å². The van der Waals surface area contributed by atoms with Crippen LogP contribution in [0.15, 0.2) is 0 Å². The number of rotatable bonds is 4. The van der Waals surface area contributed by atoms with Gasteiger partial charge in [-0.1, -0.05) is 41.0 Å². The summed E-state index contributed by atoms with van der Waals surface area (Å²) < 4.78 is 0. The van der Waals surface area contributed by atoms with E-state index in [4.69, 9.17) is 0 Å². The number of carbonyl (C=O) groups excluding carboxylic acids is 1. The second-order valence-electron chi connectivity index (χ2n) is 7.40. The van der Waals surface area contributed by atoms with Crippen molar-refractivity contribution in [1.29, 1.82) is 0 Å². The molecule has 0 spiro atoms.